The Hall–Kier alpha value is -6.11. The van der Waals surface area contributed by atoms with E-state index < -0.39 is 35.4 Å². The van der Waals surface area contributed by atoms with Gasteiger partial charge >= 0.3 is 12.1 Å². The van der Waals surface area contributed by atoms with Crippen molar-refractivity contribution in [2.45, 2.75) is 38.8 Å². The molecule has 2 amide bonds. The molecule has 2 heterocycles. The van der Waals surface area contributed by atoms with Gasteiger partial charge in [-0.2, -0.15) is 4.98 Å². The molecule has 48 heavy (non-hydrogen) atoms. The molecule has 5 aromatic rings. The van der Waals surface area contributed by atoms with E-state index in [-0.39, 0.29) is 29.3 Å². The lowest BCUT2D eigenvalue weighted by Crippen LogP contribution is -2.42. The number of carboxylic acid groups (broad SMARTS) is 1. The first-order valence-corrected chi connectivity index (χ1v) is 14.7. The lowest BCUT2D eigenvalue weighted by Gasteiger charge is -2.19. The summed E-state index contributed by atoms with van der Waals surface area (Å²) in [7, 11) is 1.56. The Bertz CT molecular complexity index is 1940. The van der Waals surface area contributed by atoms with Crippen molar-refractivity contribution in [1.29, 1.82) is 0 Å². The number of benzene rings is 3. The summed E-state index contributed by atoms with van der Waals surface area (Å²) in [5.41, 5.74) is 2.36. The molecule has 12 nitrogen and oxygen atoms in total. The number of rotatable bonds is 10. The fourth-order valence-corrected chi connectivity index (χ4v) is 4.62. The SMILES string of the molecule is COc1ccc(-c2cncc(C(=O)NC(Cc3ccc(-c4noc(-c5ccc(NC(=O)OC(C)(C)C)cc5)n4)c(F)c3)C(=O)O)c2)cc1. The summed E-state index contributed by atoms with van der Waals surface area (Å²) in [6, 6.07) is 18.1. The van der Waals surface area contributed by atoms with Crippen molar-refractivity contribution in [2.75, 3.05) is 12.4 Å². The number of pyridine rings is 1. The highest BCUT2D eigenvalue weighted by atomic mass is 19.1. The number of ether oxygens (including phenoxy) is 2. The van der Waals surface area contributed by atoms with Gasteiger partial charge < -0.3 is 24.4 Å². The zero-order valence-corrected chi connectivity index (χ0v) is 26.5. The van der Waals surface area contributed by atoms with Gasteiger partial charge in [0.1, 0.15) is 23.2 Å². The van der Waals surface area contributed by atoms with Gasteiger partial charge in [0.15, 0.2) is 0 Å². The number of hydrogen-bond acceptors (Lipinski definition) is 9. The Morgan fingerprint density at radius 3 is 2.29 bits per heavy atom. The number of nitrogens with one attached hydrogen (secondary N) is 2. The molecule has 3 N–H and O–H groups in total. The predicted octanol–water partition coefficient (Wildman–Crippen LogP) is 6.39. The number of carbonyl (C=O) groups excluding carboxylic acids is 2. The van der Waals surface area contributed by atoms with Crippen LogP contribution in [-0.4, -0.2) is 57.0 Å². The maximum atomic E-state index is 15.2. The molecule has 1 atom stereocenters. The van der Waals surface area contributed by atoms with E-state index in [9.17, 15) is 19.5 Å². The molecule has 0 fully saturated rings. The number of nitrogens with zero attached hydrogens (tertiary/aromatic N) is 3. The van der Waals surface area contributed by atoms with Gasteiger partial charge in [-0.15, -0.1) is 0 Å². The van der Waals surface area contributed by atoms with Gasteiger partial charge in [-0.25, -0.2) is 14.0 Å². The minimum absolute atomic E-state index is 0.0164. The first-order chi connectivity index (χ1) is 22.9. The van der Waals surface area contributed by atoms with Crippen LogP contribution in [0.1, 0.15) is 36.7 Å². The molecule has 0 aliphatic carbocycles. The zero-order chi connectivity index (χ0) is 34.4. The van der Waals surface area contributed by atoms with Crippen LogP contribution in [0.5, 0.6) is 5.75 Å². The van der Waals surface area contributed by atoms with E-state index in [0.717, 1.165) is 11.6 Å². The van der Waals surface area contributed by atoms with Crippen molar-refractivity contribution in [3.63, 3.8) is 0 Å². The molecular formula is C35H32FN5O7. The van der Waals surface area contributed by atoms with Crippen LogP contribution in [0, 0.1) is 5.82 Å². The van der Waals surface area contributed by atoms with E-state index in [1.807, 2.05) is 12.1 Å². The van der Waals surface area contributed by atoms with E-state index in [4.69, 9.17) is 14.0 Å². The molecule has 0 spiro atoms. The number of methoxy groups -OCH3 is 1. The molecule has 0 radical (unpaired) electrons. The number of anilines is 1. The second-order valence-corrected chi connectivity index (χ2v) is 11.7. The highest BCUT2D eigenvalue weighted by molar-refractivity contribution is 5.97. The molecule has 0 aliphatic rings. The Kier molecular flexibility index (Phi) is 9.78. The summed E-state index contributed by atoms with van der Waals surface area (Å²) in [6.07, 6.45) is 2.14. The highest BCUT2D eigenvalue weighted by Gasteiger charge is 2.23. The Morgan fingerprint density at radius 2 is 1.65 bits per heavy atom. The van der Waals surface area contributed by atoms with Crippen molar-refractivity contribution in [2.24, 2.45) is 0 Å². The van der Waals surface area contributed by atoms with Crippen molar-refractivity contribution < 1.29 is 37.9 Å². The van der Waals surface area contributed by atoms with E-state index >= 15 is 4.39 Å². The summed E-state index contributed by atoms with van der Waals surface area (Å²) in [6.45, 7) is 5.28. The Labute approximate surface area is 274 Å². The molecule has 5 rings (SSSR count). The fourth-order valence-electron chi connectivity index (χ4n) is 4.62. The number of halogens is 1. The highest BCUT2D eigenvalue weighted by Crippen LogP contribution is 2.27. The topological polar surface area (TPSA) is 166 Å². The van der Waals surface area contributed by atoms with Crippen LogP contribution in [-0.2, 0) is 16.0 Å². The summed E-state index contributed by atoms with van der Waals surface area (Å²) in [4.78, 5) is 45.5. The maximum Gasteiger partial charge on any atom is 0.412 e. The number of aromatic nitrogens is 3. The molecule has 1 unspecified atom stereocenters. The summed E-state index contributed by atoms with van der Waals surface area (Å²) < 4.78 is 31.0. The van der Waals surface area contributed by atoms with Crippen molar-refractivity contribution in [3.05, 3.63) is 102 Å². The minimum atomic E-state index is -1.35. The molecule has 0 bridgehead atoms. The standard InChI is InChI=1S/C35H32FN5O7/c1-35(2,3)47-34(45)38-25-10-6-22(7-11-25)32-40-30(41-48-32)27-14-5-20(15-28(27)36)16-29(33(43)44)39-31(42)24-17-23(18-37-19-24)21-8-12-26(46-4)13-9-21/h5-15,17-19,29H,16H2,1-4H3,(H,38,45)(H,39,42)(H,43,44). The minimum Gasteiger partial charge on any atom is -0.497 e. The van der Waals surface area contributed by atoms with Crippen LogP contribution in [0.3, 0.4) is 0 Å². The number of carbonyl (C=O) groups is 3. The summed E-state index contributed by atoms with van der Waals surface area (Å²) >= 11 is 0. The average molecular weight is 654 g/mol. The number of amides is 2. The molecule has 0 aliphatic heterocycles. The second-order valence-electron chi connectivity index (χ2n) is 11.7. The lowest BCUT2D eigenvalue weighted by molar-refractivity contribution is -0.139. The van der Waals surface area contributed by atoms with Crippen molar-refractivity contribution in [1.82, 2.24) is 20.4 Å². The van der Waals surface area contributed by atoms with Gasteiger partial charge in [0.05, 0.1) is 18.2 Å². The van der Waals surface area contributed by atoms with Crippen LogP contribution < -0.4 is 15.4 Å². The third kappa shape index (κ3) is 8.37. The average Bonchev–Trinajstić information content (AvgIpc) is 3.54. The van der Waals surface area contributed by atoms with Crippen LogP contribution in [0.25, 0.3) is 34.0 Å². The van der Waals surface area contributed by atoms with Gasteiger partial charge in [0.2, 0.25) is 5.82 Å². The largest absolute Gasteiger partial charge is 0.497 e. The monoisotopic (exact) mass is 653 g/mol. The molecule has 0 saturated carbocycles. The van der Waals surface area contributed by atoms with Gasteiger partial charge in [0, 0.05) is 35.6 Å². The van der Waals surface area contributed by atoms with Crippen LogP contribution in [0.15, 0.2) is 89.7 Å². The van der Waals surface area contributed by atoms with Crippen LogP contribution in [0.4, 0.5) is 14.9 Å². The van der Waals surface area contributed by atoms with Gasteiger partial charge in [-0.1, -0.05) is 23.4 Å². The summed E-state index contributed by atoms with van der Waals surface area (Å²) in [5, 5.41) is 18.8. The number of aliphatic carboxylic acids is 1. The quantitative estimate of drug-likeness (QED) is 0.154. The third-order valence-corrected chi connectivity index (χ3v) is 6.94. The molecular weight excluding hydrogens is 621 g/mol. The van der Waals surface area contributed by atoms with E-state index in [0.29, 0.717) is 28.1 Å². The van der Waals surface area contributed by atoms with Gasteiger partial charge in [-0.05, 0) is 86.5 Å². The molecule has 3 aromatic carbocycles. The normalized spacial score (nSPS) is 11.8. The predicted molar refractivity (Wildman–Crippen MR) is 174 cm³/mol. The summed E-state index contributed by atoms with van der Waals surface area (Å²) in [5.74, 6) is -1.86. The first-order valence-electron chi connectivity index (χ1n) is 14.7. The van der Waals surface area contributed by atoms with Crippen LogP contribution in [0.2, 0.25) is 0 Å². The van der Waals surface area contributed by atoms with E-state index in [1.54, 1.807) is 76.5 Å². The smallest absolute Gasteiger partial charge is 0.412 e. The van der Waals surface area contributed by atoms with Gasteiger partial charge in [0.25, 0.3) is 11.8 Å². The fraction of sp³-hybridized carbons (Fsp3) is 0.200. The van der Waals surface area contributed by atoms with Gasteiger partial charge in [-0.3, -0.25) is 15.1 Å². The lowest BCUT2D eigenvalue weighted by atomic mass is 10.0. The Balaban J connectivity index is 1.24. The second kappa shape index (κ2) is 14.1. The maximum absolute atomic E-state index is 15.2. The van der Waals surface area contributed by atoms with Crippen LogP contribution >= 0.6 is 0 Å². The third-order valence-electron chi connectivity index (χ3n) is 6.94. The first kappa shape index (κ1) is 33.3. The van der Waals surface area contributed by atoms with E-state index in [1.165, 1.54) is 18.3 Å². The molecule has 2 aromatic heterocycles. The number of carboxylic acids is 1. The zero-order valence-electron chi connectivity index (χ0n) is 26.5. The Morgan fingerprint density at radius 1 is 0.938 bits per heavy atom. The van der Waals surface area contributed by atoms with E-state index in [2.05, 4.69) is 25.8 Å². The molecule has 0 saturated heterocycles. The van der Waals surface area contributed by atoms with Crippen molar-refractivity contribution in [3.8, 4) is 39.7 Å². The van der Waals surface area contributed by atoms with Crippen molar-refractivity contribution >= 4 is 23.7 Å². The number of hydrogen-bond donors (Lipinski definition) is 3. The molecule has 13 heteroatoms. The molecule has 246 valence electrons.